The van der Waals surface area contributed by atoms with Crippen LogP contribution in [0, 0.1) is 0 Å². The number of aromatic nitrogens is 3. The van der Waals surface area contributed by atoms with Crippen molar-refractivity contribution < 1.29 is 14.3 Å². The Morgan fingerprint density at radius 3 is 2.83 bits per heavy atom. The Kier molecular flexibility index (Phi) is 5.31. The number of rotatable bonds is 6. The van der Waals surface area contributed by atoms with Crippen LogP contribution >= 0.6 is 11.6 Å². The Morgan fingerprint density at radius 2 is 2.00 bits per heavy atom. The maximum Gasteiger partial charge on any atom is 0.343 e. The fourth-order valence-corrected chi connectivity index (χ4v) is 3.04. The van der Waals surface area contributed by atoms with Crippen molar-refractivity contribution in [3.8, 4) is 17.0 Å². The van der Waals surface area contributed by atoms with Crippen LogP contribution in [0.25, 0.3) is 22.3 Å². The van der Waals surface area contributed by atoms with Crippen LogP contribution < -0.4 is 10.1 Å². The molecule has 0 fully saturated rings. The van der Waals surface area contributed by atoms with Crippen molar-refractivity contribution in [2.24, 2.45) is 0 Å². The summed E-state index contributed by atoms with van der Waals surface area (Å²) in [6.07, 6.45) is 1.49. The van der Waals surface area contributed by atoms with Gasteiger partial charge in [-0.25, -0.2) is 14.8 Å². The normalized spacial score (nSPS) is 10.7. The first-order valence-electron chi connectivity index (χ1n) is 8.79. The Bertz CT molecular complexity index is 1180. The van der Waals surface area contributed by atoms with Gasteiger partial charge in [-0.05, 0) is 36.4 Å². The average molecular weight is 409 g/mol. The number of nitrogens with one attached hydrogen (secondary N) is 2. The Balaban J connectivity index is 1.63. The van der Waals surface area contributed by atoms with E-state index >= 15 is 0 Å². The summed E-state index contributed by atoms with van der Waals surface area (Å²) in [7, 11) is 1.32. The molecule has 2 N–H and O–H groups in total. The molecule has 8 heteroatoms. The summed E-state index contributed by atoms with van der Waals surface area (Å²) in [5, 5.41) is 4.75. The van der Waals surface area contributed by atoms with Crippen molar-refractivity contribution in [3.05, 3.63) is 65.9 Å². The molecule has 2 aromatic carbocycles. The van der Waals surface area contributed by atoms with Gasteiger partial charge in [-0.2, -0.15) is 0 Å². The summed E-state index contributed by atoms with van der Waals surface area (Å²) < 4.78 is 10.1. The molecule has 2 heterocycles. The van der Waals surface area contributed by atoms with E-state index in [0.717, 1.165) is 22.3 Å². The first-order chi connectivity index (χ1) is 14.1. The SMILES string of the molecule is COC(=O)COc1cccc(-c2cc3c(Nc4cccc(Cl)c4)ncnc3[nH]2)c1. The highest BCUT2D eigenvalue weighted by Crippen LogP contribution is 2.30. The molecule has 0 saturated heterocycles. The minimum absolute atomic E-state index is 0.147. The highest BCUT2D eigenvalue weighted by Gasteiger charge is 2.11. The monoisotopic (exact) mass is 408 g/mol. The minimum Gasteiger partial charge on any atom is -0.482 e. The fourth-order valence-electron chi connectivity index (χ4n) is 2.85. The number of ether oxygens (including phenoxy) is 2. The summed E-state index contributed by atoms with van der Waals surface area (Å²) in [4.78, 5) is 23.2. The Morgan fingerprint density at radius 1 is 1.14 bits per heavy atom. The highest BCUT2D eigenvalue weighted by molar-refractivity contribution is 6.30. The van der Waals surface area contributed by atoms with E-state index in [1.807, 2.05) is 48.5 Å². The van der Waals surface area contributed by atoms with Gasteiger partial charge >= 0.3 is 5.97 Å². The summed E-state index contributed by atoms with van der Waals surface area (Å²) in [5.41, 5.74) is 3.26. The number of anilines is 2. The fraction of sp³-hybridized carbons (Fsp3) is 0.0952. The highest BCUT2D eigenvalue weighted by atomic mass is 35.5. The molecule has 0 unspecified atom stereocenters. The van der Waals surface area contributed by atoms with E-state index in [4.69, 9.17) is 16.3 Å². The van der Waals surface area contributed by atoms with E-state index < -0.39 is 5.97 Å². The number of aromatic amines is 1. The van der Waals surface area contributed by atoms with E-state index in [1.165, 1.54) is 13.4 Å². The molecule has 4 aromatic rings. The Labute approximate surface area is 171 Å². The predicted molar refractivity (Wildman–Crippen MR) is 112 cm³/mol. The van der Waals surface area contributed by atoms with Crippen molar-refractivity contribution in [2.45, 2.75) is 0 Å². The molecule has 0 aliphatic rings. The molecule has 0 atom stereocenters. The minimum atomic E-state index is -0.437. The van der Waals surface area contributed by atoms with Crippen molar-refractivity contribution in [1.29, 1.82) is 0 Å². The van der Waals surface area contributed by atoms with Gasteiger partial charge in [0.15, 0.2) is 6.61 Å². The summed E-state index contributed by atoms with van der Waals surface area (Å²) in [5.74, 6) is 0.792. The third kappa shape index (κ3) is 4.30. The maximum atomic E-state index is 11.3. The van der Waals surface area contributed by atoms with Crippen molar-refractivity contribution >= 4 is 40.1 Å². The zero-order chi connectivity index (χ0) is 20.2. The molecule has 0 saturated carbocycles. The van der Waals surface area contributed by atoms with Gasteiger partial charge < -0.3 is 19.8 Å². The molecule has 0 bridgehead atoms. The molecule has 0 aliphatic carbocycles. The lowest BCUT2D eigenvalue weighted by atomic mass is 10.1. The van der Waals surface area contributed by atoms with Gasteiger partial charge in [-0.15, -0.1) is 0 Å². The van der Waals surface area contributed by atoms with Crippen LogP contribution in [0.3, 0.4) is 0 Å². The van der Waals surface area contributed by atoms with Crippen LogP contribution in [0.5, 0.6) is 5.75 Å². The predicted octanol–water partition coefficient (Wildman–Crippen LogP) is 4.57. The lowest BCUT2D eigenvalue weighted by Gasteiger charge is -2.06. The molecular formula is C21H17ClN4O3. The second-order valence-electron chi connectivity index (χ2n) is 6.20. The van der Waals surface area contributed by atoms with Gasteiger partial charge in [0, 0.05) is 22.0 Å². The van der Waals surface area contributed by atoms with E-state index in [-0.39, 0.29) is 6.61 Å². The van der Waals surface area contributed by atoms with Crippen molar-refractivity contribution in [1.82, 2.24) is 15.0 Å². The number of hydrogen-bond acceptors (Lipinski definition) is 6. The third-order valence-corrected chi connectivity index (χ3v) is 4.48. The lowest BCUT2D eigenvalue weighted by Crippen LogP contribution is -2.12. The van der Waals surface area contributed by atoms with Crippen LogP contribution in [-0.2, 0) is 9.53 Å². The lowest BCUT2D eigenvalue weighted by molar-refractivity contribution is -0.142. The average Bonchev–Trinajstić information content (AvgIpc) is 3.18. The first kappa shape index (κ1) is 18.8. The van der Waals surface area contributed by atoms with Crippen molar-refractivity contribution in [3.63, 3.8) is 0 Å². The van der Waals surface area contributed by atoms with Gasteiger partial charge in [-0.3, -0.25) is 0 Å². The number of halogens is 1. The van der Waals surface area contributed by atoms with E-state index in [9.17, 15) is 4.79 Å². The number of H-pyrrole nitrogens is 1. The molecule has 29 heavy (non-hydrogen) atoms. The molecular weight excluding hydrogens is 392 g/mol. The quantitative estimate of drug-likeness (QED) is 0.454. The summed E-state index contributed by atoms with van der Waals surface area (Å²) >= 11 is 6.06. The zero-order valence-electron chi connectivity index (χ0n) is 15.5. The van der Waals surface area contributed by atoms with E-state index in [0.29, 0.717) is 22.2 Å². The van der Waals surface area contributed by atoms with Gasteiger partial charge in [0.2, 0.25) is 0 Å². The van der Waals surface area contributed by atoms with Gasteiger partial charge in [-0.1, -0.05) is 29.8 Å². The van der Waals surface area contributed by atoms with Gasteiger partial charge in [0.05, 0.1) is 12.5 Å². The number of nitrogens with zero attached hydrogens (tertiary/aromatic N) is 2. The van der Waals surface area contributed by atoms with Gasteiger partial charge in [0.25, 0.3) is 0 Å². The number of carbonyl (C=O) groups excluding carboxylic acids is 1. The number of benzene rings is 2. The molecule has 4 rings (SSSR count). The molecule has 0 aliphatic heterocycles. The zero-order valence-corrected chi connectivity index (χ0v) is 16.2. The molecule has 146 valence electrons. The maximum absolute atomic E-state index is 11.3. The topological polar surface area (TPSA) is 89.1 Å². The third-order valence-electron chi connectivity index (χ3n) is 4.24. The smallest absolute Gasteiger partial charge is 0.343 e. The van der Waals surface area contributed by atoms with E-state index in [1.54, 1.807) is 6.07 Å². The molecule has 0 radical (unpaired) electrons. The van der Waals surface area contributed by atoms with Crippen LogP contribution in [0.1, 0.15) is 0 Å². The van der Waals surface area contributed by atoms with Crippen LogP contribution in [0.15, 0.2) is 60.9 Å². The van der Waals surface area contributed by atoms with Crippen LogP contribution in [0.2, 0.25) is 5.02 Å². The second kappa shape index (κ2) is 8.20. The number of hydrogen-bond donors (Lipinski definition) is 2. The van der Waals surface area contributed by atoms with Crippen LogP contribution in [-0.4, -0.2) is 34.6 Å². The summed E-state index contributed by atoms with van der Waals surface area (Å²) in [6.45, 7) is -0.147. The standard InChI is InChI=1S/C21H17ClN4O3/c1-28-19(27)11-29-16-7-2-4-13(8-16)18-10-17-20(23-12-24-21(17)26-18)25-15-6-3-5-14(22)9-15/h2-10,12H,11H2,1H3,(H2,23,24,25,26). The number of methoxy groups -OCH3 is 1. The molecule has 0 amide bonds. The summed E-state index contributed by atoms with van der Waals surface area (Å²) in [6, 6.07) is 16.8. The van der Waals surface area contributed by atoms with Crippen LogP contribution in [0.4, 0.5) is 11.5 Å². The van der Waals surface area contributed by atoms with E-state index in [2.05, 4.69) is 25.0 Å². The number of carbonyl (C=O) groups is 1. The largest absolute Gasteiger partial charge is 0.482 e. The molecule has 2 aromatic heterocycles. The molecule has 7 nitrogen and oxygen atoms in total. The number of esters is 1. The molecule has 0 spiro atoms. The second-order valence-corrected chi connectivity index (χ2v) is 6.63. The first-order valence-corrected chi connectivity index (χ1v) is 9.16. The number of fused-ring (bicyclic) bond motifs is 1. The van der Waals surface area contributed by atoms with Crippen molar-refractivity contribution in [2.75, 3.05) is 19.0 Å². The van der Waals surface area contributed by atoms with Gasteiger partial charge in [0.1, 0.15) is 23.5 Å². The Hall–Kier alpha value is -3.58.